The number of phenols is 1. The molecule has 0 aliphatic carbocycles. The van der Waals surface area contributed by atoms with Gasteiger partial charge in [-0.1, -0.05) is 0 Å². The van der Waals surface area contributed by atoms with Crippen LogP contribution in [-0.2, 0) is 0 Å². The predicted molar refractivity (Wildman–Crippen MR) is 115 cm³/mol. The van der Waals surface area contributed by atoms with Crippen molar-refractivity contribution in [3.63, 3.8) is 0 Å². The molecule has 2 nitrogen and oxygen atoms in total. The van der Waals surface area contributed by atoms with Crippen molar-refractivity contribution in [2.24, 2.45) is 4.99 Å². The summed E-state index contributed by atoms with van der Waals surface area (Å²) in [6.45, 7) is 8.99. The van der Waals surface area contributed by atoms with Crippen molar-refractivity contribution in [2.75, 3.05) is 0 Å². The van der Waals surface area contributed by atoms with E-state index in [1.807, 2.05) is 12.1 Å². The first-order chi connectivity index (χ1) is 11.8. The molecule has 0 fully saturated rings. The first kappa shape index (κ1) is 17.5. The molecule has 1 aliphatic heterocycles. The van der Waals surface area contributed by atoms with Gasteiger partial charge >= 0.3 is 171 Å². The summed E-state index contributed by atoms with van der Waals surface area (Å²) in [5.74, 6) is 0.306. The second-order valence-electron chi connectivity index (χ2n) is 6.66. The molecule has 0 saturated heterocycles. The van der Waals surface area contributed by atoms with E-state index in [1.54, 1.807) is 6.07 Å². The van der Waals surface area contributed by atoms with E-state index in [-0.39, 0.29) is 14.5 Å². The van der Waals surface area contributed by atoms with Gasteiger partial charge in [0, 0.05) is 0 Å². The standard InChI is InChI=1S/C19H15Br2NOSeSi/c1-10-4-6-14-19(17(10)18-12(20)9-16(21)24-18)25(2,3)15-8-11(23)5-7-13(15)22-14/h4-9,23H,1H2,2-3H3. The third-order valence-electron chi connectivity index (χ3n) is 4.67. The Bertz CT molecular complexity index is 1140. The molecule has 0 atom stereocenters. The second kappa shape index (κ2) is 6.07. The van der Waals surface area contributed by atoms with Gasteiger partial charge in [-0.05, 0) is 0 Å². The molecule has 0 bridgehead atoms. The van der Waals surface area contributed by atoms with Gasteiger partial charge in [-0.15, -0.1) is 0 Å². The summed E-state index contributed by atoms with van der Waals surface area (Å²) >= 11 is 7.61. The van der Waals surface area contributed by atoms with Crippen LogP contribution in [0.15, 0.2) is 49.2 Å². The summed E-state index contributed by atoms with van der Waals surface area (Å²) in [6, 6.07) is 11.8. The van der Waals surface area contributed by atoms with Crippen molar-refractivity contribution >= 4 is 77.1 Å². The van der Waals surface area contributed by atoms with Gasteiger partial charge in [0.1, 0.15) is 0 Å². The molecule has 0 amide bonds. The number of halogens is 2. The SMILES string of the molecule is C=c1ccc2c(c1-c1[se]c(Br)cc1Br)[Si](C)(C)c1cc(O)ccc1N=2. The zero-order valence-corrected chi connectivity index (χ0v) is 19.6. The van der Waals surface area contributed by atoms with E-state index >= 15 is 0 Å². The topological polar surface area (TPSA) is 32.6 Å². The molecule has 4 rings (SSSR count). The van der Waals surface area contributed by atoms with E-state index < -0.39 is 8.07 Å². The van der Waals surface area contributed by atoms with E-state index in [9.17, 15) is 5.11 Å². The van der Waals surface area contributed by atoms with E-state index in [0.29, 0.717) is 5.75 Å². The van der Waals surface area contributed by atoms with Gasteiger partial charge in [0.2, 0.25) is 0 Å². The summed E-state index contributed by atoms with van der Waals surface area (Å²) in [5, 5.41) is 14.6. The monoisotopic (exact) mass is 539 g/mol. The molecule has 2 aromatic carbocycles. The summed E-state index contributed by atoms with van der Waals surface area (Å²) < 4.78 is 3.67. The Morgan fingerprint density at radius 1 is 1.12 bits per heavy atom. The number of aromatic hydroxyl groups is 1. The van der Waals surface area contributed by atoms with Crippen molar-refractivity contribution in [1.29, 1.82) is 0 Å². The maximum atomic E-state index is 10.0. The molecular weight excluding hydrogens is 525 g/mol. The molecule has 0 radical (unpaired) electrons. The summed E-state index contributed by atoms with van der Waals surface area (Å²) in [4.78, 5) is 4.90. The fourth-order valence-corrected chi connectivity index (χ4v) is 11.3. The van der Waals surface area contributed by atoms with Crippen LogP contribution in [0.3, 0.4) is 0 Å². The first-order valence-corrected chi connectivity index (χ1v) is 14.1. The second-order valence-corrected chi connectivity index (χ2v) is 16.0. The molecule has 6 heteroatoms. The zero-order valence-electron chi connectivity index (χ0n) is 13.7. The number of hydrogen-bond acceptors (Lipinski definition) is 2. The third kappa shape index (κ3) is 2.75. The van der Waals surface area contributed by atoms with Crippen LogP contribution in [0.2, 0.25) is 13.1 Å². The molecule has 25 heavy (non-hydrogen) atoms. The van der Waals surface area contributed by atoms with E-state index in [0.717, 1.165) is 20.7 Å². The Kier molecular flexibility index (Phi) is 4.25. The summed E-state index contributed by atoms with van der Waals surface area (Å²) in [5.41, 5.74) is 2.22. The minimum atomic E-state index is -2.04. The van der Waals surface area contributed by atoms with Crippen molar-refractivity contribution in [3.05, 3.63) is 54.8 Å². The van der Waals surface area contributed by atoms with E-state index in [2.05, 4.69) is 69.7 Å². The van der Waals surface area contributed by atoms with Crippen molar-refractivity contribution in [1.82, 2.24) is 0 Å². The van der Waals surface area contributed by atoms with Crippen LogP contribution in [-0.4, -0.2) is 27.7 Å². The first-order valence-electron chi connectivity index (χ1n) is 7.79. The predicted octanol–water partition coefficient (Wildman–Crippen LogP) is 3.14. The number of nitrogens with zero attached hydrogens (tertiary/aromatic N) is 1. The van der Waals surface area contributed by atoms with Crippen molar-refractivity contribution in [3.8, 4) is 15.8 Å². The molecule has 0 unspecified atom stereocenters. The van der Waals surface area contributed by atoms with Crippen LogP contribution in [0.25, 0.3) is 16.6 Å². The molecule has 0 spiro atoms. The fourth-order valence-electron chi connectivity index (χ4n) is 3.52. The van der Waals surface area contributed by atoms with Gasteiger partial charge in [0.05, 0.1) is 0 Å². The van der Waals surface area contributed by atoms with Gasteiger partial charge < -0.3 is 0 Å². The number of hydrogen-bond donors (Lipinski definition) is 1. The van der Waals surface area contributed by atoms with Gasteiger partial charge in [0.25, 0.3) is 0 Å². The van der Waals surface area contributed by atoms with Crippen LogP contribution in [0.4, 0.5) is 5.69 Å². The summed E-state index contributed by atoms with van der Waals surface area (Å²) in [7, 11) is -2.04. The van der Waals surface area contributed by atoms with Crippen LogP contribution in [0.5, 0.6) is 5.75 Å². The van der Waals surface area contributed by atoms with Crippen molar-refractivity contribution < 1.29 is 5.11 Å². The third-order valence-corrected chi connectivity index (χ3v) is 12.4. The Morgan fingerprint density at radius 3 is 2.56 bits per heavy atom. The quantitative estimate of drug-likeness (QED) is 0.474. The number of fused-ring (bicyclic) bond motifs is 2. The average molecular weight is 540 g/mol. The van der Waals surface area contributed by atoms with E-state index in [1.165, 1.54) is 23.7 Å². The Hall–Kier alpha value is -0.914. The van der Waals surface area contributed by atoms with Crippen LogP contribution >= 0.6 is 31.9 Å². The van der Waals surface area contributed by atoms with E-state index in [4.69, 9.17) is 4.99 Å². The molecule has 2 heterocycles. The van der Waals surface area contributed by atoms with Gasteiger partial charge in [-0.2, -0.15) is 0 Å². The Balaban J connectivity index is 2.15. The molecular formula is C19H15Br2NOSeSi. The van der Waals surface area contributed by atoms with Crippen molar-refractivity contribution in [2.45, 2.75) is 13.1 Å². The fraction of sp³-hybridized carbons (Fsp3) is 0.105. The molecule has 126 valence electrons. The number of rotatable bonds is 1. The normalized spacial score (nSPS) is 14.6. The zero-order chi connectivity index (χ0) is 17.9. The molecule has 1 aromatic heterocycles. The van der Waals surface area contributed by atoms with Crippen LogP contribution < -0.4 is 20.9 Å². The molecule has 1 aliphatic rings. The van der Waals surface area contributed by atoms with Crippen LogP contribution in [0.1, 0.15) is 0 Å². The number of phenolic OH excluding ortho intramolecular Hbond substituents is 1. The minimum absolute atomic E-state index is 0.226. The maximum absolute atomic E-state index is 10.0. The molecule has 1 N–H and O–H groups in total. The van der Waals surface area contributed by atoms with Gasteiger partial charge in [-0.25, -0.2) is 0 Å². The molecule has 0 saturated carbocycles. The van der Waals surface area contributed by atoms with Gasteiger partial charge in [-0.3, -0.25) is 0 Å². The number of benzene rings is 2. The molecule has 3 aromatic rings. The average Bonchev–Trinajstić information content (AvgIpc) is 2.87. The Morgan fingerprint density at radius 2 is 1.88 bits per heavy atom. The Labute approximate surface area is 170 Å². The van der Waals surface area contributed by atoms with Gasteiger partial charge in [0.15, 0.2) is 0 Å². The van der Waals surface area contributed by atoms with Crippen LogP contribution in [0, 0.1) is 0 Å². The summed E-state index contributed by atoms with van der Waals surface area (Å²) in [6.07, 6.45) is 0.